The van der Waals surface area contributed by atoms with E-state index in [1.54, 1.807) is 11.8 Å². The molecule has 3 N–H and O–H groups in total. The van der Waals surface area contributed by atoms with Gasteiger partial charge in [0, 0.05) is 13.5 Å². The van der Waals surface area contributed by atoms with Crippen molar-refractivity contribution >= 4 is 11.8 Å². The SMILES string of the molecule is CCc1n[nH]c(CSc2nnc([C@@H](N)Cc3ccccc3)n2C)n1. The lowest BCUT2D eigenvalue weighted by Crippen LogP contribution is -2.18. The molecule has 3 aromatic rings. The smallest absolute Gasteiger partial charge is 0.191 e. The van der Waals surface area contributed by atoms with E-state index in [0.717, 1.165) is 35.5 Å². The second kappa shape index (κ2) is 7.59. The number of rotatable bonds is 7. The third kappa shape index (κ3) is 3.82. The summed E-state index contributed by atoms with van der Waals surface area (Å²) in [5.41, 5.74) is 7.50. The summed E-state index contributed by atoms with van der Waals surface area (Å²) in [5, 5.41) is 16.4. The standard InChI is InChI=1S/C16H21N7S/c1-3-13-18-14(20-19-13)10-24-16-22-21-15(23(16)2)12(17)9-11-7-5-4-6-8-11/h4-8,12H,3,9-10,17H2,1-2H3,(H,18,19,20)/t12-/m0/s1. The highest BCUT2D eigenvalue weighted by Gasteiger charge is 2.17. The van der Waals surface area contributed by atoms with Crippen LogP contribution in [0.5, 0.6) is 0 Å². The van der Waals surface area contributed by atoms with E-state index in [-0.39, 0.29) is 6.04 Å². The maximum Gasteiger partial charge on any atom is 0.191 e. The zero-order chi connectivity index (χ0) is 16.9. The molecule has 0 saturated carbocycles. The molecule has 8 heteroatoms. The number of nitrogens with two attached hydrogens (primary N) is 1. The van der Waals surface area contributed by atoms with Crippen molar-refractivity contribution < 1.29 is 0 Å². The topological polar surface area (TPSA) is 98.3 Å². The van der Waals surface area contributed by atoms with Crippen LogP contribution < -0.4 is 5.73 Å². The molecule has 0 aliphatic carbocycles. The van der Waals surface area contributed by atoms with Crippen LogP contribution in [0.15, 0.2) is 35.5 Å². The largest absolute Gasteiger partial charge is 0.321 e. The number of aryl methyl sites for hydroxylation is 1. The molecule has 2 aromatic heterocycles. The number of aromatic amines is 1. The first kappa shape index (κ1) is 16.7. The van der Waals surface area contributed by atoms with Gasteiger partial charge in [-0.15, -0.1) is 10.2 Å². The van der Waals surface area contributed by atoms with Gasteiger partial charge in [0.05, 0.1) is 11.8 Å². The van der Waals surface area contributed by atoms with E-state index in [1.807, 2.05) is 36.7 Å². The Balaban J connectivity index is 1.64. The van der Waals surface area contributed by atoms with Crippen LogP contribution in [0.2, 0.25) is 0 Å². The number of benzene rings is 1. The van der Waals surface area contributed by atoms with Gasteiger partial charge in [0.25, 0.3) is 0 Å². The fourth-order valence-electron chi connectivity index (χ4n) is 2.42. The molecule has 0 radical (unpaired) electrons. The van der Waals surface area contributed by atoms with Crippen molar-refractivity contribution in [2.45, 2.75) is 36.7 Å². The highest BCUT2D eigenvalue weighted by Crippen LogP contribution is 2.22. The monoisotopic (exact) mass is 343 g/mol. The van der Waals surface area contributed by atoms with Gasteiger partial charge in [-0.1, -0.05) is 49.0 Å². The number of nitrogens with zero attached hydrogens (tertiary/aromatic N) is 5. The average Bonchev–Trinajstić information content (AvgIpc) is 3.20. The predicted molar refractivity (Wildman–Crippen MR) is 93.4 cm³/mol. The number of H-pyrrole nitrogens is 1. The molecule has 0 aliphatic rings. The molecule has 1 atom stereocenters. The van der Waals surface area contributed by atoms with E-state index in [1.165, 1.54) is 5.56 Å². The Kier molecular flexibility index (Phi) is 5.27. The third-order valence-electron chi connectivity index (χ3n) is 3.73. The van der Waals surface area contributed by atoms with Gasteiger partial charge in [0.2, 0.25) is 0 Å². The normalized spacial score (nSPS) is 12.5. The highest BCUT2D eigenvalue weighted by atomic mass is 32.2. The van der Waals surface area contributed by atoms with Crippen LogP contribution in [-0.2, 0) is 25.6 Å². The summed E-state index contributed by atoms with van der Waals surface area (Å²) < 4.78 is 1.95. The third-order valence-corrected chi connectivity index (χ3v) is 4.76. The number of nitrogens with one attached hydrogen (secondary N) is 1. The number of hydrogen-bond acceptors (Lipinski definition) is 6. The van der Waals surface area contributed by atoms with E-state index in [0.29, 0.717) is 5.75 Å². The van der Waals surface area contributed by atoms with Crippen molar-refractivity contribution in [1.29, 1.82) is 0 Å². The fraction of sp³-hybridized carbons (Fsp3) is 0.375. The minimum atomic E-state index is -0.184. The summed E-state index contributed by atoms with van der Waals surface area (Å²) in [4.78, 5) is 4.40. The van der Waals surface area contributed by atoms with Crippen molar-refractivity contribution in [1.82, 2.24) is 29.9 Å². The second-order valence-corrected chi connectivity index (χ2v) is 6.48. The first-order valence-corrected chi connectivity index (χ1v) is 8.87. The van der Waals surface area contributed by atoms with Crippen LogP contribution in [0, 0.1) is 0 Å². The molecule has 24 heavy (non-hydrogen) atoms. The van der Waals surface area contributed by atoms with Gasteiger partial charge in [-0.05, 0) is 12.0 Å². The quantitative estimate of drug-likeness (QED) is 0.637. The average molecular weight is 343 g/mol. The summed E-state index contributed by atoms with van der Waals surface area (Å²) in [6.45, 7) is 2.03. The molecule has 7 nitrogen and oxygen atoms in total. The predicted octanol–water partition coefficient (Wildman–Crippen LogP) is 2.03. The molecule has 126 valence electrons. The van der Waals surface area contributed by atoms with Crippen LogP contribution in [0.1, 0.15) is 36.0 Å². The summed E-state index contributed by atoms with van der Waals surface area (Å²) >= 11 is 1.57. The Hall–Kier alpha value is -2.19. The zero-order valence-corrected chi connectivity index (χ0v) is 14.6. The zero-order valence-electron chi connectivity index (χ0n) is 13.8. The second-order valence-electron chi connectivity index (χ2n) is 5.54. The highest BCUT2D eigenvalue weighted by molar-refractivity contribution is 7.98. The summed E-state index contributed by atoms with van der Waals surface area (Å²) in [7, 11) is 1.94. The molecule has 0 aliphatic heterocycles. The summed E-state index contributed by atoms with van der Waals surface area (Å²) in [5.74, 6) is 3.13. The number of aromatic nitrogens is 6. The molecule has 1 aromatic carbocycles. The first-order chi connectivity index (χ1) is 11.7. The van der Waals surface area contributed by atoms with Gasteiger partial charge < -0.3 is 10.3 Å². The minimum absolute atomic E-state index is 0.184. The molecule has 0 bridgehead atoms. The molecule has 0 spiro atoms. The molecule has 0 fully saturated rings. The summed E-state index contributed by atoms with van der Waals surface area (Å²) in [6, 6.07) is 9.99. The van der Waals surface area contributed by atoms with Gasteiger partial charge >= 0.3 is 0 Å². The Morgan fingerprint density at radius 3 is 2.75 bits per heavy atom. The van der Waals surface area contributed by atoms with Gasteiger partial charge in [-0.25, -0.2) is 4.98 Å². The Morgan fingerprint density at radius 1 is 1.25 bits per heavy atom. The van der Waals surface area contributed by atoms with E-state index < -0.39 is 0 Å². The van der Waals surface area contributed by atoms with Crippen molar-refractivity contribution in [3.63, 3.8) is 0 Å². The van der Waals surface area contributed by atoms with Crippen LogP contribution in [0.3, 0.4) is 0 Å². The lowest BCUT2D eigenvalue weighted by molar-refractivity contribution is 0.616. The molecule has 0 saturated heterocycles. The Bertz CT molecular complexity index is 781. The molecule has 0 amide bonds. The van der Waals surface area contributed by atoms with E-state index in [2.05, 4.69) is 37.5 Å². The van der Waals surface area contributed by atoms with Crippen molar-refractivity contribution in [2.24, 2.45) is 12.8 Å². The fourth-order valence-corrected chi connectivity index (χ4v) is 3.21. The Morgan fingerprint density at radius 2 is 2.04 bits per heavy atom. The van der Waals surface area contributed by atoms with Crippen molar-refractivity contribution in [2.75, 3.05) is 0 Å². The molecule has 2 heterocycles. The molecular weight excluding hydrogens is 322 g/mol. The number of hydrogen-bond donors (Lipinski definition) is 2. The van der Waals surface area contributed by atoms with E-state index >= 15 is 0 Å². The van der Waals surface area contributed by atoms with Gasteiger partial charge in [0.1, 0.15) is 11.6 Å². The van der Waals surface area contributed by atoms with Crippen molar-refractivity contribution in [3.8, 4) is 0 Å². The van der Waals surface area contributed by atoms with Crippen LogP contribution >= 0.6 is 11.8 Å². The van der Waals surface area contributed by atoms with Gasteiger partial charge in [0.15, 0.2) is 11.0 Å². The van der Waals surface area contributed by atoms with E-state index in [9.17, 15) is 0 Å². The van der Waals surface area contributed by atoms with Gasteiger partial charge in [-0.2, -0.15) is 5.10 Å². The lowest BCUT2D eigenvalue weighted by Gasteiger charge is -2.11. The van der Waals surface area contributed by atoms with E-state index in [4.69, 9.17) is 5.73 Å². The molecule has 3 rings (SSSR count). The van der Waals surface area contributed by atoms with Gasteiger partial charge in [-0.3, -0.25) is 5.10 Å². The van der Waals surface area contributed by atoms with Crippen molar-refractivity contribution in [3.05, 3.63) is 53.4 Å². The maximum atomic E-state index is 6.31. The first-order valence-electron chi connectivity index (χ1n) is 7.89. The Labute approximate surface area is 145 Å². The van der Waals surface area contributed by atoms with Crippen LogP contribution in [0.4, 0.5) is 0 Å². The number of thioether (sulfide) groups is 1. The molecule has 0 unspecified atom stereocenters. The summed E-state index contributed by atoms with van der Waals surface area (Å²) in [6.07, 6.45) is 1.56. The molecular formula is C16H21N7S. The van der Waals surface area contributed by atoms with Crippen LogP contribution in [-0.4, -0.2) is 29.9 Å². The van der Waals surface area contributed by atoms with Crippen LogP contribution in [0.25, 0.3) is 0 Å². The lowest BCUT2D eigenvalue weighted by atomic mass is 10.1. The minimum Gasteiger partial charge on any atom is -0.321 e. The maximum absolute atomic E-state index is 6.31.